The van der Waals surface area contributed by atoms with Gasteiger partial charge in [0, 0.05) is 59.4 Å². The van der Waals surface area contributed by atoms with Crippen molar-refractivity contribution in [1.29, 1.82) is 0 Å². The number of thiazole rings is 1. The molecule has 5 aromatic rings. The maximum Gasteiger partial charge on any atom is 0.254 e. The van der Waals surface area contributed by atoms with Crippen LogP contribution in [-0.4, -0.2) is 68.8 Å². The second-order valence-corrected chi connectivity index (χ2v) is 14.2. The van der Waals surface area contributed by atoms with Gasteiger partial charge >= 0.3 is 0 Å². The average molecular weight is 690 g/mol. The largest absolute Gasteiger partial charge is 0.389 e. The Labute approximate surface area is 296 Å². The predicted molar refractivity (Wildman–Crippen MR) is 194 cm³/mol. The number of ether oxygens (including phenoxy) is 1. The molecule has 2 fully saturated rings. The molecule has 0 bridgehead atoms. The van der Waals surface area contributed by atoms with E-state index in [9.17, 15) is 14.7 Å². The number of nitrogens with one attached hydrogen (secondary N) is 2. The highest BCUT2D eigenvalue weighted by Crippen LogP contribution is 2.35. The van der Waals surface area contributed by atoms with E-state index in [2.05, 4.69) is 15.6 Å². The minimum Gasteiger partial charge on any atom is -0.389 e. The van der Waals surface area contributed by atoms with Crippen molar-refractivity contribution in [3.8, 4) is 5.69 Å². The van der Waals surface area contributed by atoms with E-state index < -0.39 is 12.1 Å². The molecule has 0 aliphatic carbocycles. The summed E-state index contributed by atoms with van der Waals surface area (Å²) >= 11 is 1.58. The Morgan fingerprint density at radius 3 is 2.44 bits per heavy atom. The lowest BCUT2D eigenvalue weighted by Crippen LogP contribution is -2.52. The molecule has 4 heterocycles. The van der Waals surface area contributed by atoms with Gasteiger partial charge in [0.2, 0.25) is 0 Å². The first-order chi connectivity index (χ1) is 24.4. The molecule has 2 amide bonds. The van der Waals surface area contributed by atoms with Crippen LogP contribution in [0.5, 0.6) is 0 Å². The van der Waals surface area contributed by atoms with Crippen LogP contribution >= 0.6 is 11.3 Å². The quantitative estimate of drug-likeness (QED) is 0.151. The number of carbonyl (C=O) groups is 2. The van der Waals surface area contributed by atoms with Crippen LogP contribution in [0.25, 0.3) is 5.69 Å². The van der Waals surface area contributed by atoms with Crippen LogP contribution in [0, 0.1) is 6.92 Å². The number of carbonyl (C=O) groups excluding carboxylic acids is 2. The lowest BCUT2D eigenvalue weighted by atomic mass is 9.94. The van der Waals surface area contributed by atoms with Crippen molar-refractivity contribution >= 4 is 23.2 Å². The van der Waals surface area contributed by atoms with Crippen molar-refractivity contribution in [2.45, 2.75) is 69.5 Å². The SMILES string of the molecule is Cc1csc(C2CCCN2C(=O)c2cc(C(=O)N[C@@H](Cc3ccccc3)[C@H](O)[C@H]3C[C@@H](OCc4ccccc4)CN3)cc(-n3cccc3)c2)n1. The number of rotatable bonds is 12. The fourth-order valence-corrected chi connectivity index (χ4v) is 7.99. The summed E-state index contributed by atoms with van der Waals surface area (Å²) in [5.74, 6) is -0.475. The third-order valence-electron chi connectivity index (χ3n) is 9.66. The molecule has 0 saturated carbocycles. The van der Waals surface area contributed by atoms with Crippen LogP contribution in [0.15, 0.2) is 109 Å². The number of benzene rings is 3. The van der Waals surface area contributed by atoms with Crippen LogP contribution in [0.1, 0.15) is 67.8 Å². The van der Waals surface area contributed by atoms with Gasteiger partial charge in [-0.3, -0.25) is 9.59 Å². The summed E-state index contributed by atoms with van der Waals surface area (Å²) in [6, 6.07) is 28.1. The Hall–Kier alpha value is -4.61. The summed E-state index contributed by atoms with van der Waals surface area (Å²) in [6.45, 7) is 3.71. The number of aliphatic hydroxyl groups is 1. The number of hydrogen-bond acceptors (Lipinski definition) is 7. The van der Waals surface area contributed by atoms with Gasteiger partial charge in [0.05, 0.1) is 30.9 Å². The van der Waals surface area contributed by atoms with Crippen molar-refractivity contribution in [1.82, 2.24) is 25.1 Å². The highest BCUT2D eigenvalue weighted by atomic mass is 32.1. The van der Waals surface area contributed by atoms with E-state index in [4.69, 9.17) is 4.74 Å². The Morgan fingerprint density at radius 1 is 1.00 bits per heavy atom. The van der Waals surface area contributed by atoms with Crippen molar-refractivity contribution in [2.24, 2.45) is 0 Å². The number of aryl methyl sites for hydroxylation is 1. The molecular formula is C40H43N5O4S. The summed E-state index contributed by atoms with van der Waals surface area (Å²) in [6.07, 6.45) is 5.66. The fourth-order valence-electron chi connectivity index (χ4n) is 7.04. The number of hydrogen-bond donors (Lipinski definition) is 3. The molecule has 3 N–H and O–H groups in total. The van der Waals surface area contributed by atoms with Crippen LogP contribution < -0.4 is 10.6 Å². The van der Waals surface area contributed by atoms with Crippen LogP contribution in [-0.2, 0) is 17.8 Å². The lowest BCUT2D eigenvalue weighted by molar-refractivity contribution is 0.0419. The molecule has 2 saturated heterocycles. The predicted octanol–water partition coefficient (Wildman–Crippen LogP) is 5.87. The molecule has 9 nitrogen and oxygen atoms in total. The van der Waals surface area contributed by atoms with E-state index >= 15 is 0 Å². The van der Waals surface area contributed by atoms with Crippen molar-refractivity contribution in [2.75, 3.05) is 13.1 Å². The van der Waals surface area contributed by atoms with Gasteiger partial charge in [-0.15, -0.1) is 11.3 Å². The normalized spacial score (nSPS) is 20.1. The van der Waals surface area contributed by atoms with E-state index in [1.165, 1.54) is 0 Å². The zero-order valence-electron chi connectivity index (χ0n) is 28.2. The third-order valence-corrected chi connectivity index (χ3v) is 10.7. The molecule has 2 aliphatic heterocycles. The van der Waals surface area contributed by atoms with Gasteiger partial charge in [-0.25, -0.2) is 4.98 Å². The first kappa shape index (κ1) is 33.9. The first-order valence-corrected chi connectivity index (χ1v) is 18.2. The first-order valence-electron chi connectivity index (χ1n) is 17.3. The summed E-state index contributed by atoms with van der Waals surface area (Å²) in [7, 11) is 0. The monoisotopic (exact) mass is 689 g/mol. The molecule has 7 rings (SSSR count). The average Bonchev–Trinajstić information content (AvgIpc) is 3.99. The minimum absolute atomic E-state index is 0.0579. The summed E-state index contributed by atoms with van der Waals surface area (Å²) in [5.41, 5.74) is 4.56. The van der Waals surface area contributed by atoms with Gasteiger partial charge < -0.3 is 29.9 Å². The van der Waals surface area contributed by atoms with Gasteiger partial charge in [0.25, 0.3) is 11.8 Å². The summed E-state index contributed by atoms with van der Waals surface area (Å²) in [4.78, 5) is 34.9. The van der Waals surface area contributed by atoms with Gasteiger partial charge in [-0.2, -0.15) is 0 Å². The number of aliphatic hydroxyl groups excluding tert-OH is 1. The van der Waals surface area contributed by atoms with E-state index in [0.717, 1.165) is 34.7 Å². The fraction of sp³-hybridized carbons (Fsp3) is 0.325. The zero-order valence-corrected chi connectivity index (χ0v) is 29.0. The molecule has 10 heteroatoms. The maximum absolute atomic E-state index is 14.2. The number of nitrogens with zero attached hydrogens (tertiary/aromatic N) is 3. The number of likely N-dealkylation sites (tertiary alicyclic amines) is 1. The van der Waals surface area contributed by atoms with E-state index in [-0.39, 0.29) is 30.0 Å². The summed E-state index contributed by atoms with van der Waals surface area (Å²) < 4.78 is 8.07. The Kier molecular flexibility index (Phi) is 10.5. The Morgan fingerprint density at radius 2 is 1.72 bits per heavy atom. The van der Waals surface area contributed by atoms with Crippen molar-refractivity contribution in [3.63, 3.8) is 0 Å². The Balaban J connectivity index is 1.12. The maximum atomic E-state index is 14.2. The topological polar surface area (TPSA) is 109 Å². The van der Waals surface area contributed by atoms with Gasteiger partial charge in [0.1, 0.15) is 5.01 Å². The molecule has 5 atom stereocenters. The zero-order chi connectivity index (χ0) is 34.5. The highest BCUT2D eigenvalue weighted by molar-refractivity contribution is 7.09. The van der Waals surface area contributed by atoms with Gasteiger partial charge in [-0.05, 0) is 74.1 Å². The van der Waals surface area contributed by atoms with Crippen LogP contribution in [0.4, 0.5) is 0 Å². The third kappa shape index (κ3) is 7.89. The van der Waals surface area contributed by atoms with E-state index in [1.54, 1.807) is 23.5 Å². The molecule has 2 aromatic heterocycles. The van der Waals surface area contributed by atoms with Gasteiger partial charge in [-0.1, -0.05) is 60.7 Å². The number of amides is 2. The van der Waals surface area contributed by atoms with E-state index in [0.29, 0.717) is 49.4 Å². The standard InChI is InChI=1S/C40H43N5O4S/c1-27-26-50-39(42-27)36-15-10-18-45(36)40(48)31-20-30(21-32(22-31)44-16-8-9-17-44)38(47)43-35(19-28-11-4-2-5-12-28)37(46)34-23-33(24-41-34)49-25-29-13-6-3-7-14-29/h2-9,11-14,16-17,20-22,26,33-37,41,46H,10,15,18-19,23-25H2,1H3,(H,43,47)/t33-,34-,35+,36?,37-/m1/s1. The second-order valence-electron chi connectivity index (χ2n) is 13.3. The molecule has 0 radical (unpaired) electrons. The van der Waals surface area contributed by atoms with Crippen molar-refractivity contribution in [3.05, 3.63) is 142 Å². The highest BCUT2D eigenvalue weighted by Gasteiger charge is 2.36. The Bertz CT molecular complexity index is 1880. The number of aromatic nitrogens is 2. The molecule has 3 aromatic carbocycles. The minimum atomic E-state index is -0.884. The summed E-state index contributed by atoms with van der Waals surface area (Å²) in [5, 5.41) is 21.4. The lowest BCUT2D eigenvalue weighted by Gasteiger charge is -2.29. The van der Waals surface area contributed by atoms with E-state index in [1.807, 2.05) is 113 Å². The smallest absolute Gasteiger partial charge is 0.254 e. The molecule has 2 aliphatic rings. The van der Waals surface area contributed by atoms with Crippen LogP contribution in [0.2, 0.25) is 0 Å². The molecule has 0 spiro atoms. The van der Waals surface area contributed by atoms with Crippen LogP contribution in [0.3, 0.4) is 0 Å². The molecule has 1 unspecified atom stereocenters. The molecular weight excluding hydrogens is 647 g/mol. The second kappa shape index (κ2) is 15.5. The van der Waals surface area contributed by atoms with Gasteiger partial charge in [0.15, 0.2) is 0 Å². The molecule has 258 valence electrons. The van der Waals surface area contributed by atoms with Crippen molar-refractivity contribution < 1.29 is 19.4 Å². The molecule has 50 heavy (non-hydrogen) atoms.